The summed E-state index contributed by atoms with van der Waals surface area (Å²) < 4.78 is 5.60. The third-order valence-electron chi connectivity index (χ3n) is 3.45. The molecule has 0 saturated carbocycles. The van der Waals surface area contributed by atoms with Crippen LogP contribution in [0.4, 0.5) is 0 Å². The van der Waals surface area contributed by atoms with E-state index in [9.17, 15) is 9.59 Å². The molecule has 1 fully saturated rings. The van der Waals surface area contributed by atoms with Gasteiger partial charge in [-0.05, 0) is 32.3 Å². The Labute approximate surface area is 118 Å². The van der Waals surface area contributed by atoms with Crippen LogP contribution in [0.15, 0.2) is 16.9 Å². The Morgan fingerprint density at radius 3 is 2.90 bits per heavy atom. The zero-order valence-electron chi connectivity index (χ0n) is 12.1. The summed E-state index contributed by atoms with van der Waals surface area (Å²) in [6.07, 6.45) is 3.08. The number of pyridine rings is 1. The molecule has 2 rings (SSSR count). The van der Waals surface area contributed by atoms with E-state index in [1.807, 2.05) is 6.92 Å². The molecule has 1 N–H and O–H groups in total. The molecule has 0 radical (unpaired) electrons. The van der Waals surface area contributed by atoms with Crippen molar-refractivity contribution in [2.24, 2.45) is 0 Å². The molecule has 1 aliphatic heterocycles. The lowest BCUT2D eigenvalue weighted by molar-refractivity contribution is 0.0526. The summed E-state index contributed by atoms with van der Waals surface area (Å²) in [5, 5.41) is 0. The number of nitrogens with zero attached hydrogens (tertiary/aromatic N) is 1. The van der Waals surface area contributed by atoms with Crippen molar-refractivity contribution in [2.75, 3.05) is 19.7 Å². The first-order valence-corrected chi connectivity index (χ1v) is 7.22. The van der Waals surface area contributed by atoms with Crippen molar-refractivity contribution in [2.45, 2.75) is 39.2 Å². The van der Waals surface area contributed by atoms with Crippen molar-refractivity contribution in [1.29, 1.82) is 0 Å². The van der Waals surface area contributed by atoms with Crippen molar-refractivity contribution in [3.8, 4) is 0 Å². The van der Waals surface area contributed by atoms with Crippen molar-refractivity contribution < 1.29 is 9.53 Å². The topological polar surface area (TPSA) is 62.4 Å². The van der Waals surface area contributed by atoms with Gasteiger partial charge in [0.25, 0.3) is 5.91 Å². The molecule has 0 aromatic carbocycles. The Morgan fingerprint density at radius 1 is 1.50 bits per heavy atom. The molecule has 5 heteroatoms. The number of hydrogen-bond acceptors (Lipinski definition) is 3. The predicted octanol–water partition coefficient (Wildman–Crippen LogP) is 1.71. The van der Waals surface area contributed by atoms with Gasteiger partial charge in [0.1, 0.15) is 0 Å². The minimum atomic E-state index is -0.234. The second kappa shape index (κ2) is 6.70. The number of carbonyl (C=O) groups excluding carboxylic acids is 1. The first-order valence-electron chi connectivity index (χ1n) is 7.22. The van der Waals surface area contributed by atoms with E-state index >= 15 is 0 Å². The number of aryl methyl sites for hydroxylation is 1. The first-order chi connectivity index (χ1) is 9.60. The molecule has 1 aromatic rings. The fourth-order valence-electron chi connectivity index (χ4n) is 2.57. The van der Waals surface area contributed by atoms with E-state index in [2.05, 4.69) is 4.98 Å². The number of nitrogens with one attached hydrogen (secondary N) is 1. The zero-order chi connectivity index (χ0) is 14.5. The van der Waals surface area contributed by atoms with Crippen LogP contribution in [0.3, 0.4) is 0 Å². The molecule has 110 valence electrons. The summed E-state index contributed by atoms with van der Waals surface area (Å²) in [5.74, 6) is -0.0865. The Morgan fingerprint density at radius 2 is 2.30 bits per heavy atom. The Kier molecular flexibility index (Phi) is 4.95. The van der Waals surface area contributed by atoms with Crippen LogP contribution in [-0.2, 0) is 4.74 Å². The molecule has 1 atom stereocenters. The van der Waals surface area contributed by atoms with Gasteiger partial charge in [-0.25, -0.2) is 0 Å². The van der Waals surface area contributed by atoms with Gasteiger partial charge in [0.05, 0.1) is 6.10 Å². The lowest BCUT2D eigenvalue weighted by atomic mass is 10.1. The normalized spacial score (nSPS) is 18.2. The largest absolute Gasteiger partial charge is 0.376 e. The predicted molar refractivity (Wildman–Crippen MR) is 77.0 cm³/mol. The maximum absolute atomic E-state index is 12.5. The van der Waals surface area contributed by atoms with Crippen LogP contribution in [0.1, 0.15) is 42.2 Å². The number of aromatic nitrogens is 1. The molecular formula is C15H22N2O3. The highest BCUT2D eigenvalue weighted by Crippen LogP contribution is 2.15. The third-order valence-corrected chi connectivity index (χ3v) is 3.45. The van der Waals surface area contributed by atoms with Crippen LogP contribution >= 0.6 is 0 Å². The average Bonchev–Trinajstić information content (AvgIpc) is 2.89. The highest BCUT2D eigenvalue weighted by atomic mass is 16.5. The highest BCUT2D eigenvalue weighted by molar-refractivity contribution is 5.94. The Balaban J connectivity index is 2.14. The van der Waals surface area contributed by atoms with Gasteiger partial charge in [-0.2, -0.15) is 0 Å². The lowest BCUT2D eigenvalue weighted by Crippen LogP contribution is -2.38. The summed E-state index contributed by atoms with van der Waals surface area (Å²) in [6.45, 7) is 5.90. The van der Waals surface area contributed by atoms with E-state index in [-0.39, 0.29) is 17.6 Å². The van der Waals surface area contributed by atoms with Gasteiger partial charge >= 0.3 is 0 Å². The van der Waals surface area contributed by atoms with E-state index in [1.165, 1.54) is 6.07 Å². The second-order valence-corrected chi connectivity index (χ2v) is 5.30. The fourth-order valence-corrected chi connectivity index (χ4v) is 2.57. The number of H-pyrrole nitrogens is 1. The highest BCUT2D eigenvalue weighted by Gasteiger charge is 2.23. The molecule has 5 nitrogen and oxygen atoms in total. The number of carbonyl (C=O) groups is 1. The summed E-state index contributed by atoms with van der Waals surface area (Å²) in [7, 11) is 0. The molecule has 0 spiro atoms. The van der Waals surface area contributed by atoms with Crippen LogP contribution in [0, 0.1) is 6.92 Å². The standard InChI is InChI=1S/C15H22N2O3/c1-3-6-17(10-13-5-4-7-20-13)15(19)12-8-11(2)16-14(18)9-12/h8-9,13H,3-7,10H2,1-2H3,(H,16,18). The first kappa shape index (κ1) is 14.8. The van der Waals surface area contributed by atoms with E-state index in [4.69, 9.17) is 4.74 Å². The molecule has 1 aliphatic rings. The van der Waals surface area contributed by atoms with E-state index in [1.54, 1.807) is 17.9 Å². The van der Waals surface area contributed by atoms with Gasteiger partial charge in [0.2, 0.25) is 5.56 Å². The van der Waals surface area contributed by atoms with Crippen molar-refractivity contribution in [1.82, 2.24) is 9.88 Å². The molecule has 1 aromatic heterocycles. The van der Waals surface area contributed by atoms with Crippen LogP contribution < -0.4 is 5.56 Å². The number of hydrogen-bond donors (Lipinski definition) is 1. The average molecular weight is 278 g/mol. The van der Waals surface area contributed by atoms with Gasteiger partial charge in [-0.1, -0.05) is 6.92 Å². The molecule has 1 unspecified atom stereocenters. The van der Waals surface area contributed by atoms with Crippen LogP contribution in [0.25, 0.3) is 0 Å². The molecule has 2 heterocycles. The lowest BCUT2D eigenvalue weighted by Gasteiger charge is -2.25. The van der Waals surface area contributed by atoms with Crippen LogP contribution in [-0.4, -0.2) is 41.6 Å². The van der Waals surface area contributed by atoms with E-state index in [0.29, 0.717) is 24.3 Å². The van der Waals surface area contributed by atoms with Gasteiger partial charge in [0.15, 0.2) is 0 Å². The smallest absolute Gasteiger partial charge is 0.254 e. The van der Waals surface area contributed by atoms with Gasteiger partial charge in [-0.3, -0.25) is 9.59 Å². The Hall–Kier alpha value is -1.62. The molecule has 20 heavy (non-hydrogen) atoms. The summed E-state index contributed by atoms with van der Waals surface area (Å²) >= 11 is 0. The number of aromatic amines is 1. The Bertz CT molecular complexity index is 518. The van der Waals surface area contributed by atoms with Crippen LogP contribution in [0.2, 0.25) is 0 Å². The number of rotatable bonds is 5. The fraction of sp³-hybridized carbons (Fsp3) is 0.600. The third kappa shape index (κ3) is 3.70. The maximum atomic E-state index is 12.5. The quantitative estimate of drug-likeness (QED) is 0.892. The van der Waals surface area contributed by atoms with E-state index in [0.717, 1.165) is 25.9 Å². The van der Waals surface area contributed by atoms with Gasteiger partial charge in [-0.15, -0.1) is 0 Å². The molecule has 0 aliphatic carbocycles. The summed E-state index contributed by atoms with van der Waals surface area (Å²) in [5.41, 5.74) is 0.925. The van der Waals surface area contributed by atoms with Crippen LogP contribution in [0.5, 0.6) is 0 Å². The minimum absolute atomic E-state index is 0.0865. The monoisotopic (exact) mass is 278 g/mol. The zero-order valence-corrected chi connectivity index (χ0v) is 12.1. The van der Waals surface area contributed by atoms with Crippen molar-refractivity contribution in [3.05, 3.63) is 33.7 Å². The molecule has 1 amide bonds. The SMILES string of the molecule is CCCN(CC1CCCO1)C(=O)c1cc(C)[nH]c(=O)c1. The van der Waals surface area contributed by atoms with Crippen molar-refractivity contribution >= 4 is 5.91 Å². The van der Waals surface area contributed by atoms with Crippen molar-refractivity contribution in [3.63, 3.8) is 0 Å². The molecule has 1 saturated heterocycles. The number of ether oxygens (including phenoxy) is 1. The summed E-state index contributed by atoms with van der Waals surface area (Å²) in [6, 6.07) is 3.09. The van der Waals surface area contributed by atoms with Gasteiger partial charge < -0.3 is 14.6 Å². The van der Waals surface area contributed by atoms with Gasteiger partial charge in [0, 0.05) is 37.0 Å². The van der Waals surface area contributed by atoms with E-state index < -0.39 is 0 Å². The number of amides is 1. The summed E-state index contributed by atoms with van der Waals surface area (Å²) in [4.78, 5) is 28.5. The minimum Gasteiger partial charge on any atom is -0.376 e. The molecule has 0 bridgehead atoms. The maximum Gasteiger partial charge on any atom is 0.254 e. The second-order valence-electron chi connectivity index (χ2n) is 5.30. The molecular weight excluding hydrogens is 256 g/mol.